The molecule has 2 aromatic rings. The number of benzene rings is 2. The van der Waals surface area contributed by atoms with Crippen LogP contribution in [0.1, 0.15) is 52.9 Å². The number of carbonyl (C=O) groups is 1. The Morgan fingerprint density at radius 2 is 1.37 bits per heavy atom. The van der Waals surface area contributed by atoms with Gasteiger partial charge in [-0.15, -0.1) is 0 Å². The van der Waals surface area contributed by atoms with Crippen LogP contribution in [0.25, 0.3) is 0 Å². The van der Waals surface area contributed by atoms with E-state index >= 15 is 0 Å². The number of nitrogens with one attached hydrogen (secondary N) is 1. The number of rotatable bonds is 5. The van der Waals surface area contributed by atoms with Gasteiger partial charge in [-0.2, -0.15) is 0 Å². The molecule has 1 aliphatic carbocycles. The molecule has 0 radical (unpaired) electrons. The molecule has 1 unspecified atom stereocenters. The van der Waals surface area contributed by atoms with Gasteiger partial charge in [0.2, 0.25) is 5.91 Å². The summed E-state index contributed by atoms with van der Waals surface area (Å²) in [5.41, 5.74) is 0. The monoisotopic (exact) mass is 421 g/mol. The summed E-state index contributed by atoms with van der Waals surface area (Å²) in [4.78, 5) is 12.1. The Bertz CT molecular complexity index is 799. The molecule has 1 amide bonds. The molecule has 2 aliphatic rings. The summed E-state index contributed by atoms with van der Waals surface area (Å²) in [6.45, 7) is 7.87. The molecule has 1 aliphatic heterocycles. The molecule has 0 aromatic heterocycles. The highest BCUT2D eigenvalue weighted by atomic mass is 28.4. The van der Waals surface area contributed by atoms with Crippen molar-refractivity contribution < 1.29 is 9.22 Å². The zero-order valence-corrected chi connectivity index (χ0v) is 19.6. The van der Waals surface area contributed by atoms with Crippen molar-refractivity contribution in [2.75, 3.05) is 6.54 Å². The normalized spacial score (nSPS) is 25.2. The van der Waals surface area contributed by atoms with E-state index in [-0.39, 0.29) is 23.0 Å². The zero-order valence-electron chi connectivity index (χ0n) is 18.6. The van der Waals surface area contributed by atoms with E-state index in [4.69, 9.17) is 4.43 Å². The topological polar surface area (TPSA) is 38.3 Å². The third-order valence-electron chi connectivity index (χ3n) is 7.14. The molecule has 1 N–H and O–H groups in total. The van der Waals surface area contributed by atoms with E-state index in [0.29, 0.717) is 5.92 Å². The molecule has 4 rings (SSSR count). The maximum Gasteiger partial charge on any atom is 0.261 e. The van der Waals surface area contributed by atoms with Crippen molar-refractivity contribution >= 4 is 24.6 Å². The van der Waals surface area contributed by atoms with Gasteiger partial charge in [-0.05, 0) is 53.4 Å². The quantitative estimate of drug-likeness (QED) is 0.733. The van der Waals surface area contributed by atoms with E-state index in [1.165, 1.54) is 10.4 Å². The summed E-state index contributed by atoms with van der Waals surface area (Å²) in [6.07, 6.45) is 5.57. The lowest BCUT2D eigenvalue weighted by atomic mass is 9.78. The summed E-state index contributed by atoms with van der Waals surface area (Å²) in [6, 6.07) is 21.8. The van der Waals surface area contributed by atoms with E-state index in [1.807, 2.05) is 0 Å². The molecule has 1 saturated heterocycles. The first kappa shape index (κ1) is 21.3. The SMILES string of the molecule is CC(C)(C)[Si](OC1CCC(C2CCNC2=O)CC1)(c1ccccc1)c1ccccc1. The molecule has 1 heterocycles. The molecule has 2 fully saturated rings. The summed E-state index contributed by atoms with van der Waals surface area (Å²) < 4.78 is 7.29. The largest absolute Gasteiger partial charge is 0.404 e. The Balaban J connectivity index is 1.62. The summed E-state index contributed by atoms with van der Waals surface area (Å²) in [5.74, 6) is 1.01. The molecule has 0 bridgehead atoms. The Kier molecular flexibility index (Phi) is 6.17. The van der Waals surface area contributed by atoms with Crippen LogP contribution in [-0.4, -0.2) is 26.9 Å². The number of carbonyl (C=O) groups excluding carboxylic acids is 1. The van der Waals surface area contributed by atoms with Crippen LogP contribution in [-0.2, 0) is 9.22 Å². The van der Waals surface area contributed by atoms with Gasteiger partial charge in [0, 0.05) is 18.6 Å². The predicted octanol–water partition coefficient (Wildman–Crippen LogP) is 4.26. The van der Waals surface area contributed by atoms with Gasteiger partial charge in [0.15, 0.2) is 0 Å². The summed E-state index contributed by atoms with van der Waals surface area (Å²) in [7, 11) is -2.48. The first-order valence-electron chi connectivity index (χ1n) is 11.5. The second kappa shape index (κ2) is 8.68. The highest BCUT2D eigenvalue weighted by Gasteiger charge is 2.51. The fraction of sp³-hybridized carbons (Fsp3) is 0.500. The molecule has 1 atom stereocenters. The third-order valence-corrected chi connectivity index (χ3v) is 12.2. The van der Waals surface area contributed by atoms with Crippen LogP contribution in [0.2, 0.25) is 5.04 Å². The zero-order chi connectivity index (χ0) is 21.2. The molecule has 160 valence electrons. The molecule has 2 aromatic carbocycles. The van der Waals surface area contributed by atoms with Gasteiger partial charge in [0.05, 0.1) is 0 Å². The van der Waals surface area contributed by atoms with E-state index < -0.39 is 8.32 Å². The number of hydrogen-bond donors (Lipinski definition) is 1. The van der Waals surface area contributed by atoms with Crippen LogP contribution in [0.4, 0.5) is 0 Å². The molecule has 4 heteroatoms. The average Bonchev–Trinajstić information content (AvgIpc) is 3.19. The van der Waals surface area contributed by atoms with Crippen LogP contribution in [0, 0.1) is 11.8 Å². The van der Waals surface area contributed by atoms with E-state index in [1.54, 1.807) is 0 Å². The molecule has 1 saturated carbocycles. The maximum atomic E-state index is 12.1. The highest BCUT2D eigenvalue weighted by molar-refractivity contribution is 6.99. The second-order valence-corrected chi connectivity index (χ2v) is 14.3. The van der Waals surface area contributed by atoms with Crippen molar-refractivity contribution in [3.8, 4) is 0 Å². The van der Waals surface area contributed by atoms with Crippen LogP contribution < -0.4 is 15.7 Å². The second-order valence-electron chi connectivity index (χ2n) is 10.0. The fourth-order valence-electron chi connectivity index (χ4n) is 5.61. The van der Waals surface area contributed by atoms with Crippen molar-refractivity contribution in [3.05, 3.63) is 60.7 Å². The minimum absolute atomic E-state index is 0.0118. The van der Waals surface area contributed by atoms with Crippen molar-refractivity contribution in [2.24, 2.45) is 11.8 Å². The maximum absolute atomic E-state index is 12.1. The highest BCUT2D eigenvalue weighted by Crippen LogP contribution is 2.41. The standard InChI is InChI=1S/C26H35NO2Si/c1-26(2,3)30(22-10-6-4-7-11-22,23-12-8-5-9-13-23)29-21-16-14-20(15-17-21)24-18-19-27-25(24)28/h4-13,20-21,24H,14-19H2,1-3H3,(H,27,28). The van der Waals surface area contributed by atoms with Gasteiger partial charge in [-0.1, -0.05) is 81.4 Å². The van der Waals surface area contributed by atoms with Gasteiger partial charge >= 0.3 is 0 Å². The molecule has 0 spiro atoms. The third kappa shape index (κ3) is 4.00. The average molecular weight is 422 g/mol. The lowest BCUT2D eigenvalue weighted by Crippen LogP contribution is -2.67. The lowest BCUT2D eigenvalue weighted by molar-refractivity contribution is -0.124. The van der Waals surface area contributed by atoms with Crippen molar-refractivity contribution in [1.82, 2.24) is 5.32 Å². The van der Waals surface area contributed by atoms with Gasteiger partial charge in [-0.3, -0.25) is 4.79 Å². The smallest absolute Gasteiger partial charge is 0.261 e. The minimum atomic E-state index is -2.48. The van der Waals surface area contributed by atoms with Gasteiger partial charge in [0.1, 0.15) is 0 Å². The van der Waals surface area contributed by atoms with Crippen molar-refractivity contribution in [1.29, 1.82) is 0 Å². The summed E-state index contributed by atoms with van der Waals surface area (Å²) >= 11 is 0. The lowest BCUT2D eigenvalue weighted by Gasteiger charge is -2.46. The first-order chi connectivity index (χ1) is 14.4. The molecule has 30 heavy (non-hydrogen) atoms. The van der Waals surface area contributed by atoms with Gasteiger partial charge in [-0.25, -0.2) is 0 Å². The van der Waals surface area contributed by atoms with Crippen LogP contribution >= 0.6 is 0 Å². The Morgan fingerprint density at radius 3 is 1.80 bits per heavy atom. The minimum Gasteiger partial charge on any atom is -0.404 e. The van der Waals surface area contributed by atoms with E-state index in [9.17, 15) is 4.79 Å². The predicted molar refractivity (Wildman–Crippen MR) is 126 cm³/mol. The van der Waals surface area contributed by atoms with E-state index in [2.05, 4.69) is 86.8 Å². The Hall–Kier alpha value is -1.91. The number of amides is 1. The van der Waals surface area contributed by atoms with Gasteiger partial charge < -0.3 is 9.74 Å². The number of hydrogen-bond acceptors (Lipinski definition) is 2. The Morgan fingerprint density at radius 1 is 0.833 bits per heavy atom. The van der Waals surface area contributed by atoms with E-state index in [0.717, 1.165) is 38.6 Å². The first-order valence-corrected chi connectivity index (χ1v) is 13.4. The van der Waals surface area contributed by atoms with Crippen LogP contribution in [0.5, 0.6) is 0 Å². The van der Waals surface area contributed by atoms with Crippen molar-refractivity contribution in [2.45, 2.75) is 64.0 Å². The molecular formula is C26H35NO2Si. The van der Waals surface area contributed by atoms with Gasteiger partial charge in [0.25, 0.3) is 8.32 Å². The summed E-state index contributed by atoms with van der Waals surface area (Å²) in [5, 5.41) is 5.72. The molecular weight excluding hydrogens is 386 g/mol. The van der Waals surface area contributed by atoms with Crippen molar-refractivity contribution in [3.63, 3.8) is 0 Å². The Labute approximate surface area is 182 Å². The van der Waals surface area contributed by atoms with Crippen LogP contribution in [0.3, 0.4) is 0 Å². The molecule has 3 nitrogen and oxygen atoms in total. The van der Waals surface area contributed by atoms with Crippen LogP contribution in [0.15, 0.2) is 60.7 Å². The fourth-order valence-corrected chi connectivity index (χ4v) is 10.4.